The summed E-state index contributed by atoms with van der Waals surface area (Å²) in [5, 5.41) is 0. The second-order valence-corrected chi connectivity index (χ2v) is 7.32. The zero-order chi connectivity index (χ0) is 16.9. The van der Waals surface area contributed by atoms with Gasteiger partial charge in [0.15, 0.2) is 11.5 Å². The van der Waals surface area contributed by atoms with Crippen LogP contribution in [0.4, 0.5) is 10.6 Å². The van der Waals surface area contributed by atoms with Crippen LogP contribution in [-0.2, 0) is 0 Å². The fourth-order valence-corrected chi connectivity index (χ4v) is 3.91. The number of imidazole rings is 1. The molecule has 1 unspecified atom stereocenters. The Kier molecular flexibility index (Phi) is 3.36. The lowest BCUT2D eigenvalue weighted by atomic mass is 10.0. The molecule has 2 aliphatic heterocycles. The maximum absolute atomic E-state index is 12.9. The highest BCUT2D eigenvalue weighted by Gasteiger charge is 2.39. The first-order valence-electron chi connectivity index (χ1n) is 8.47. The normalized spacial score (nSPS) is 23.3. The molecule has 4 heterocycles. The summed E-state index contributed by atoms with van der Waals surface area (Å²) in [5.41, 5.74) is 7.18. The number of nitrogens with zero attached hydrogens (tertiary/aromatic N) is 6. The molecule has 0 aromatic carbocycles. The van der Waals surface area contributed by atoms with Gasteiger partial charge in [0.05, 0.1) is 12.4 Å². The van der Waals surface area contributed by atoms with Gasteiger partial charge in [-0.05, 0) is 33.1 Å². The average molecular weight is 329 g/mol. The maximum Gasteiger partial charge on any atom is 0.320 e. The topological polar surface area (TPSA) is 93.2 Å². The number of fused-ring (bicyclic) bond motifs is 1. The molecule has 2 saturated heterocycles. The van der Waals surface area contributed by atoms with Crippen LogP contribution in [0.25, 0.3) is 11.2 Å². The molecular weight excluding hydrogens is 306 g/mol. The fourth-order valence-electron chi connectivity index (χ4n) is 3.91. The van der Waals surface area contributed by atoms with Crippen LogP contribution in [0.15, 0.2) is 12.7 Å². The molecule has 8 nitrogen and oxygen atoms in total. The standard InChI is InChI=1S/C16H23N7O/c1-16(2)5-3-6-23(16)15(24)21-7-4-11(8-21)22-10-20-12-13(17)18-9-19-14(12)22/h9-11H,3-8H2,1-2H3,(H2,17,18,19). The molecule has 4 rings (SSSR count). The minimum Gasteiger partial charge on any atom is -0.382 e. The highest BCUT2D eigenvalue weighted by Crippen LogP contribution is 2.32. The maximum atomic E-state index is 12.9. The third-order valence-corrected chi connectivity index (χ3v) is 5.35. The van der Waals surface area contributed by atoms with E-state index in [-0.39, 0.29) is 17.6 Å². The van der Waals surface area contributed by atoms with E-state index in [0.717, 1.165) is 38.0 Å². The third kappa shape index (κ3) is 2.28. The zero-order valence-corrected chi connectivity index (χ0v) is 14.1. The number of amides is 2. The van der Waals surface area contributed by atoms with E-state index >= 15 is 0 Å². The van der Waals surface area contributed by atoms with E-state index in [1.165, 1.54) is 6.33 Å². The predicted molar refractivity (Wildman–Crippen MR) is 90.4 cm³/mol. The van der Waals surface area contributed by atoms with Crippen molar-refractivity contribution in [3.63, 3.8) is 0 Å². The fraction of sp³-hybridized carbons (Fsp3) is 0.625. The monoisotopic (exact) mass is 329 g/mol. The third-order valence-electron chi connectivity index (χ3n) is 5.35. The summed E-state index contributed by atoms with van der Waals surface area (Å²) in [6.45, 7) is 6.59. The van der Waals surface area contributed by atoms with Crippen LogP contribution in [-0.4, -0.2) is 60.5 Å². The predicted octanol–water partition coefficient (Wildman–Crippen LogP) is 1.65. The van der Waals surface area contributed by atoms with Crippen molar-refractivity contribution in [1.82, 2.24) is 29.3 Å². The number of aromatic nitrogens is 4. The van der Waals surface area contributed by atoms with Gasteiger partial charge in [-0.15, -0.1) is 0 Å². The van der Waals surface area contributed by atoms with Crippen LogP contribution in [0.3, 0.4) is 0 Å². The van der Waals surface area contributed by atoms with Crippen molar-refractivity contribution >= 4 is 23.0 Å². The molecule has 2 aromatic rings. The van der Waals surface area contributed by atoms with Crippen molar-refractivity contribution in [2.75, 3.05) is 25.4 Å². The van der Waals surface area contributed by atoms with Crippen LogP contribution in [0.5, 0.6) is 0 Å². The van der Waals surface area contributed by atoms with Crippen molar-refractivity contribution in [1.29, 1.82) is 0 Å². The summed E-state index contributed by atoms with van der Waals surface area (Å²) in [5.74, 6) is 0.392. The number of carbonyl (C=O) groups is 1. The first-order valence-corrected chi connectivity index (χ1v) is 8.47. The van der Waals surface area contributed by atoms with Crippen molar-refractivity contribution in [3.8, 4) is 0 Å². The lowest BCUT2D eigenvalue weighted by molar-refractivity contribution is 0.132. The summed E-state index contributed by atoms with van der Waals surface area (Å²) < 4.78 is 2.02. The molecule has 1 atom stereocenters. The van der Waals surface area contributed by atoms with Gasteiger partial charge >= 0.3 is 6.03 Å². The lowest BCUT2D eigenvalue weighted by Crippen LogP contribution is -2.49. The summed E-state index contributed by atoms with van der Waals surface area (Å²) >= 11 is 0. The van der Waals surface area contributed by atoms with Crippen LogP contribution in [0, 0.1) is 0 Å². The van der Waals surface area contributed by atoms with E-state index in [1.807, 2.05) is 14.4 Å². The first kappa shape index (κ1) is 15.2. The summed E-state index contributed by atoms with van der Waals surface area (Å²) in [6, 6.07) is 0.331. The number of carbonyl (C=O) groups excluding carboxylic acids is 1. The quantitative estimate of drug-likeness (QED) is 0.858. The second-order valence-electron chi connectivity index (χ2n) is 7.32. The summed E-state index contributed by atoms with van der Waals surface area (Å²) in [6.07, 6.45) is 6.26. The summed E-state index contributed by atoms with van der Waals surface area (Å²) in [4.78, 5) is 29.5. The Morgan fingerprint density at radius 1 is 1.29 bits per heavy atom. The number of hydrogen-bond acceptors (Lipinski definition) is 5. The van der Waals surface area contributed by atoms with Gasteiger partial charge in [0.1, 0.15) is 11.8 Å². The van der Waals surface area contributed by atoms with Gasteiger partial charge in [0.2, 0.25) is 0 Å². The van der Waals surface area contributed by atoms with Gasteiger partial charge < -0.3 is 20.1 Å². The number of anilines is 1. The minimum absolute atomic E-state index is 0.0431. The molecule has 2 aromatic heterocycles. The highest BCUT2D eigenvalue weighted by molar-refractivity contribution is 5.81. The van der Waals surface area contributed by atoms with Crippen LogP contribution in [0.2, 0.25) is 0 Å². The minimum atomic E-state index is -0.0431. The van der Waals surface area contributed by atoms with Crippen LogP contribution < -0.4 is 5.73 Å². The molecule has 8 heteroatoms. The Morgan fingerprint density at radius 3 is 2.88 bits per heavy atom. The van der Waals surface area contributed by atoms with Crippen molar-refractivity contribution in [2.24, 2.45) is 0 Å². The molecular formula is C16H23N7O. The molecule has 0 aliphatic carbocycles. The Bertz CT molecular complexity index is 784. The van der Waals surface area contributed by atoms with E-state index in [9.17, 15) is 4.79 Å². The largest absolute Gasteiger partial charge is 0.382 e. The molecule has 128 valence electrons. The Hall–Kier alpha value is -2.38. The SMILES string of the molecule is CC1(C)CCCN1C(=O)N1CCC(n2cnc3c(N)ncnc32)C1. The van der Waals surface area contributed by atoms with E-state index in [2.05, 4.69) is 28.8 Å². The molecule has 0 spiro atoms. The van der Waals surface area contributed by atoms with E-state index in [0.29, 0.717) is 17.9 Å². The molecule has 2 aliphatic rings. The van der Waals surface area contributed by atoms with E-state index in [1.54, 1.807) is 6.33 Å². The molecule has 0 radical (unpaired) electrons. The lowest BCUT2D eigenvalue weighted by Gasteiger charge is -2.34. The second kappa shape index (κ2) is 5.32. The number of rotatable bonds is 1. The number of urea groups is 1. The smallest absolute Gasteiger partial charge is 0.320 e. The Morgan fingerprint density at radius 2 is 2.12 bits per heavy atom. The van der Waals surface area contributed by atoms with E-state index < -0.39 is 0 Å². The summed E-state index contributed by atoms with van der Waals surface area (Å²) in [7, 11) is 0. The van der Waals surface area contributed by atoms with Crippen LogP contribution >= 0.6 is 0 Å². The van der Waals surface area contributed by atoms with Gasteiger partial charge in [0, 0.05) is 25.2 Å². The Balaban J connectivity index is 1.54. The molecule has 24 heavy (non-hydrogen) atoms. The molecule has 2 fully saturated rings. The van der Waals surface area contributed by atoms with Crippen molar-refractivity contribution in [3.05, 3.63) is 12.7 Å². The first-order chi connectivity index (χ1) is 11.5. The van der Waals surface area contributed by atoms with Crippen LogP contribution in [0.1, 0.15) is 39.2 Å². The van der Waals surface area contributed by atoms with Crippen molar-refractivity contribution < 1.29 is 4.79 Å². The number of nitrogens with two attached hydrogens (primary N) is 1. The van der Waals surface area contributed by atoms with Gasteiger partial charge in [-0.25, -0.2) is 19.7 Å². The molecule has 0 bridgehead atoms. The zero-order valence-electron chi connectivity index (χ0n) is 14.1. The average Bonchev–Trinajstić information content (AvgIpc) is 3.23. The van der Waals surface area contributed by atoms with Gasteiger partial charge in [-0.3, -0.25) is 0 Å². The number of hydrogen-bond donors (Lipinski definition) is 1. The number of likely N-dealkylation sites (tertiary alicyclic amines) is 2. The van der Waals surface area contributed by atoms with E-state index in [4.69, 9.17) is 5.73 Å². The molecule has 0 saturated carbocycles. The van der Waals surface area contributed by atoms with Gasteiger partial charge in [-0.1, -0.05) is 0 Å². The van der Waals surface area contributed by atoms with Gasteiger partial charge in [0.25, 0.3) is 0 Å². The molecule has 2 amide bonds. The number of nitrogen functional groups attached to an aromatic ring is 1. The highest BCUT2D eigenvalue weighted by atomic mass is 16.2. The van der Waals surface area contributed by atoms with Crippen molar-refractivity contribution in [2.45, 2.75) is 44.7 Å². The molecule has 2 N–H and O–H groups in total. The Labute approximate surface area is 140 Å². The van der Waals surface area contributed by atoms with Gasteiger partial charge in [-0.2, -0.15) is 0 Å².